The van der Waals surface area contributed by atoms with Gasteiger partial charge in [0.2, 0.25) is 11.8 Å². The molecule has 6 N–H and O–H groups in total. The number of amidine groups is 1. The van der Waals surface area contributed by atoms with Gasteiger partial charge in [-0.15, -0.1) is 0 Å². The van der Waals surface area contributed by atoms with Crippen LogP contribution in [0.15, 0.2) is 115 Å². The molecule has 0 spiro atoms. The van der Waals surface area contributed by atoms with E-state index in [4.69, 9.17) is 29.7 Å². The van der Waals surface area contributed by atoms with Crippen LogP contribution in [0.5, 0.6) is 11.5 Å². The van der Waals surface area contributed by atoms with E-state index in [9.17, 15) is 23.7 Å². The average Bonchev–Trinajstić information content (AvgIpc) is 3.13. The molecule has 0 aliphatic rings. The highest BCUT2D eigenvalue weighted by Crippen LogP contribution is 2.59. The molecule has 3 amide bonds. The number of para-hydroxylation sites is 2. The van der Waals surface area contributed by atoms with Gasteiger partial charge in [0.05, 0.1) is 6.42 Å². The van der Waals surface area contributed by atoms with E-state index in [0.29, 0.717) is 11.1 Å². The molecule has 4 aromatic rings. The Morgan fingerprint density at radius 1 is 0.741 bits per heavy atom. The monoisotopic (exact) mass is 757 g/mol. The highest BCUT2D eigenvalue weighted by molar-refractivity contribution is 7.55. The molecule has 0 heterocycles. The third-order valence-corrected chi connectivity index (χ3v) is 9.44. The van der Waals surface area contributed by atoms with E-state index in [0.717, 1.165) is 0 Å². The van der Waals surface area contributed by atoms with E-state index in [-0.39, 0.29) is 29.5 Å². The van der Waals surface area contributed by atoms with Crippen LogP contribution in [0.4, 0.5) is 4.79 Å². The van der Waals surface area contributed by atoms with Crippen LogP contribution < -0.4 is 30.7 Å². The van der Waals surface area contributed by atoms with Crippen molar-refractivity contribution in [3.63, 3.8) is 0 Å². The Balaban J connectivity index is 1.60. The fourth-order valence-corrected chi connectivity index (χ4v) is 6.78. The molecule has 0 saturated carbocycles. The maximum atomic E-state index is 15.0. The Hall–Kier alpha value is -6.14. The van der Waals surface area contributed by atoms with Crippen LogP contribution in [0.25, 0.3) is 0 Å². The fourth-order valence-electron chi connectivity index (χ4n) is 4.88. The van der Waals surface area contributed by atoms with E-state index in [1.165, 1.54) is 31.2 Å². The van der Waals surface area contributed by atoms with Crippen molar-refractivity contribution in [3.05, 3.63) is 132 Å². The quantitative estimate of drug-likeness (QED) is 0.0392. The van der Waals surface area contributed by atoms with Crippen LogP contribution in [0.2, 0.25) is 0 Å². The molecule has 0 aliphatic heterocycles. The summed E-state index contributed by atoms with van der Waals surface area (Å²) in [5, 5.41) is 15.4. The molecule has 3 atom stereocenters. The van der Waals surface area contributed by atoms with Crippen molar-refractivity contribution in [1.29, 1.82) is 5.41 Å². The molecule has 4 aromatic carbocycles. The van der Waals surface area contributed by atoms with E-state index >= 15 is 0 Å². The Morgan fingerprint density at radius 2 is 1.26 bits per heavy atom. The van der Waals surface area contributed by atoms with Crippen LogP contribution in [-0.2, 0) is 35.0 Å². The molecule has 0 aromatic heterocycles. The SMILES string of the molecule is C[C@H](NC(=O)[C@@H](CC(=O)OC(C)(C)C)NC(=O)OCc1ccccc1)C(=O)NC(c1ccc(C(=N)N)cc1)P(=O)(Oc1ccccc1)Oc1ccccc1. The molecule has 0 fully saturated rings. The topological polar surface area (TPSA) is 208 Å². The third kappa shape index (κ3) is 12.5. The van der Waals surface area contributed by atoms with Gasteiger partial charge in [0.15, 0.2) is 5.78 Å². The van der Waals surface area contributed by atoms with Crippen LogP contribution in [0.3, 0.4) is 0 Å². The van der Waals surface area contributed by atoms with Crippen molar-refractivity contribution < 1.29 is 42.3 Å². The maximum absolute atomic E-state index is 15.0. The number of nitrogens with one attached hydrogen (secondary N) is 4. The lowest BCUT2D eigenvalue weighted by Crippen LogP contribution is -2.54. The van der Waals surface area contributed by atoms with Crippen LogP contribution in [0, 0.1) is 5.41 Å². The number of esters is 1. The standard InChI is InChI=1S/C39H44N5O9P/c1-26(42-36(47)32(24-33(45)51-39(2,3)4)43-38(48)50-25-27-14-8-5-9-15-27)35(46)44-37(29-22-20-28(21-23-29)34(40)41)54(49,52-30-16-10-6-11-17-30)53-31-18-12-7-13-19-31/h5-23,26,32,37H,24-25H2,1-4H3,(H3,40,41)(H,42,47)(H,43,48)(H,44,46)/t26-,32+,37?/m0/s1. The number of alkyl carbamates (subject to hydrolysis) is 1. The summed E-state index contributed by atoms with van der Waals surface area (Å²) in [7, 11) is -4.44. The number of hydrogen-bond acceptors (Lipinski definition) is 10. The first-order valence-corrected chi connectivity index (χ1v) is 18.6. The zero-order valence-corrected chi connectivity index (χ0v) is 31.2. The summed E-state index contributed by atoms with van der Waals surface area (Å²) in [4.78, 5) is 53.0. The Bertz CT molecular complexity index is 1890. The van der Waals surface area contributed by atoms with Crippen LogP contribution >= 0.6 is 7.60 Å². The normalized spacial score (nSPS) is 12.9. The summed E-state index contributed by atoms with van der Waals surface area (Å²) in [5.74, 6) is -3.79. The minimum atomic E-state index is -4.44. The van der Waals surface area contributed by atoms with Crippen molar-refractivity contribution in [2.45, 2.75) is 64.2 Å². The second-order valence-electron chi connectivity index (χ2n) is 13.1. The first-order chi connectivity index (χ1) is 25.6. The number of amides is 3. The second-order valence-corrected chi connectivity index (χ2v) is 15.0. The second kappa shape index (κ2) is 18.6. The predicted octanol–water partition coefficient (Wildman–Crippen LogP) is 5.97. The number of carbonyl (C=O) groups is 4. The molecule has 15 heteroatoms. The van der Waals surface area contributed by atoms with E-state index in [2.05, 4.69) is 16.0 Å². The van der Waals surface area contributed by atoms with Gasteiger partial charge >= 0.3 is 19.7 Å². The number of nitrogen functional groups attached to an aromatic ring is 1. The van der Waals surface area contributed by atoms with E-state index in [1.807, 2.05) is 0 Å². The summed E-state index contributed by atoms with van der Waals surface area (Å²) >= 11 is 0. The van der Waals surface area contributed by atoms with Gasteiger partial charge in [-0.2, -0.15) is 0 Å². The van der Waals surface area contributed by atoms with E-state index in [1.54, 1.807) is 112 Å². The maximum Gasteiger partial charge on any atom is 0.457 e. The lowest BCUT2D eigenvalue weighted by Gasteiger charge is -2.30. The summed E-state index contributed by atoms with van der Waals surface area (Å²) in [5.41, 5.74) is 6.12. The summed E-state index contributed by atoms with van der Waals surface area (Å²) in [6, 6.07) is 28.6. The zero-order valence-electron chi connectivity index (χ0n) is 30.3. The Labute approximate surface area is 313 Å². The highest BCUT2D eigenvalue weighted by atomic mass is 31.2. The minimum absolute atomic E-state index is 0.1000. The fraction of sp³-hybridized carbons (Fsp3) is 0.256. The van der Waals surface area contributed by atoms with Gasteiger partial charge in [0, 0.05) is 5.56 Å². The van der Waals surface area contributed by atoms with Gasteiger partial charge < -0.3 is 40.2 Å². The minimum Gasteiger partial charge on any atom is -0.460 e. The van der Waals surface area contributed by atoms with Crippen molar-refractivity contribution >= 4 is 37.3 Å². The van der Waals surface area contributed by atoms with Crippen LogP contribution in [-0.4, -0.2) is 47.4 Å². The van der Waals surface area contributed by atoms with E-state index < -0.39 is 61.4 Å². The van der Waals surface area contributed by atoms with Gasteiger partial charge in [-0.25, -0.2) is 9.36 Å². The third-order valence-electron chi connectivity index (χ3n) is 7.45. The molecule has 0 radical (unpaired) electrons. The van der Waals surface area contributed by atoms with Crippen LogP contribution in [0.1, 0.15) is 56.6 Å². The summed E-state index contributed by atoms with van der Waals surface area (Å²) in [6.45, 7) is 6.22. The molecule has 14 nitrogen and oxygen atoms in total. The first kappa shape index (κ1) is 40.6. The molecule has 0 saturated heterocycles. The molecule has 54 heavy (non-hydrogen) atoms. The molecule has 284 valence electrons. The average molecular weight is 758 g/mol. The van der Waals surface area contributed by atoms with Crippen molar-refractivity contribution in [2.75, 3.05) is 0 Å². The number of rotatable bonds is 16. The first-order valence-electron chi connectivity index (χ1n) is 16.9. The van der Waals surface area contributed by atoms with Gasteiger partial charge in [0.25, 0.3) is 0 Å². The number of nitrogens with two attached hydrogens (primary N) is 1. The molecule has 0 aliphatic carbocycles. The number of benzene rings is 4. The number of ether oxygens (including phenoxy) is 2. The number of carbonyl (C=O) groups excluding carboxylic acids is 4. The van der Waals surface area contributed by atoms with Gasteiger partial charge in [-0.1, -0.05) is 91.0 Å². The number of hydrogen-bond donors (Lipinski definition) is 5. The molecular weight excluding hydrogens is 713 g/mol. The smallest absolute Gasteiger partial charge is 0.457 e. The summed E-state index contributed by atoms with van der Waals surface area (Å²) in [6.07, 6.45) is -1.56. The van der Waals surface area contributed by atoms with Gasteiger partial charge in [0.1, 0.15) is 41.6 Å². The van der Waals surface area contributed by atoms with Crippen molar-refractivity contribution in [1.82, 2.24) is 16.0 Å². The largest absolute Gasteiger partial charge is 0.460 e. The zero-order chi connectivity index (χ0) is 39.3. The molecule has 0 bridgehead atoms. The highest BCUT2D eigenvalue weighted by Gasteiger charge is 2.43. The lowest BCUT2D eigenvalue weighted by molar-refractivity contribution is -0.156. The molecule has 1 unspecified atom stereocenters. The van der Waals surface area contributed by atoms with Gasteiger partial charge in [-0.3, -0.25) is 19.8 Å². The van der Waals surface area contributed by atoms with Gasteiger partial charge in [-0.05, 0) is 63.1 Å². The lowest BCUT2D eigenvalue weighted by atomic mass is 10.1. The van der Waals surface area contributed by atoms with Crippen molar-refractivity contribution in [2.24, 2.45) is 5.73 Å². The summed E-state index contributed by atoms with van der Waals surface area (Å²) < 4.78 is 37.7. The Morgan fingerprint density at radius 3 is 1.76 bits per heavy atom. The Kier molecular flexibility index (Phi) is 14.0. The molecular formula is C39H44N5O9P. The van der Waals surface area contributed by atoms with Crippen molar-refractivity contribution in [3.8, 4) is 11.5 Å². The molecule has 4 rings (SSSR count). The predicted molar refractivity (Wildman–Crippen MR) is 202 cm³/mol.